The van der Waals surface area contributed by atoms with Gasteiger partial charge in [0, 0.05) is 13.8 Å². The molecule has 0 fully saturated rings. The lowest BCUT2D eigenvalue weighted by Crippen LogP contribution is -2.41. The predicted octanol–water partition coefficient (Wildman–Crippen LogP) is 2.43. The van der Waals surface area contributed by atoms with Crippen LogP contribution in [0.4, 0.5) is 0 Å². The smallest absolute Gasteiger partial charge is 0.217 e. The molecule has 0 bridgehead atoms. The summed E-state index contributed by atoms with van der Waals surface area (Å²) in [5, 5.41) is 5.83. The molecule has 0 unspecified atom stereocenters. The monoisotopic (exact) mass is 276 g/mol. The van der Waals surface area contributed by atoms with Crippen molar-refractivity contribution in [3.8, 4) is 0 Å². The Labute approximate surface area is 121 Å². The Hall–Kier alpha value is -1.84. The number of hydrogen-bond acceptors (Lipinski definition) is 2. The average Bonchev–Trinajstić information content (AvgIpc) is 2.25. The molecule has 0 heterocycles. The van der Waals surface area contributed by atoms with Crippen LogP contribution in [0.3, 0.4) is 0 Å². The summed E-state index contributed by atoms with van der Waals surface area (Å²) in [6.07, 6.45) is 0. The maximum atomic E-state index is 11.2. The molecule has 1 aromatic rings. The van der Waals surface area contributed by atoms with Crippen LogP contribution in [0.2, 0.25) is 0 Å². The van der Waals surface area contributed by atoms with E-state index in [9.17, 15) is 9.59 Å². The standard InChI is InChI=1S/C16H24N2O2/c1-11(19)17-15(3,4)13-7-9-14(10-8-13)16(5,6)18-12(2)20/h7-10H,1-6H3,(H,17,19)(H,18,20). The number of carbonyl (C=O) groups excluding carboxylic acids is 2. The summed E-state index contributed by atoms with van der Waals surface area (Å²) in [7, 11) is 0. The van der Waals surface area contributed by atoms with Crippen LogP contribution in [0.25, 0.3) is 0 Å². The molecule has 0 saturated heterocycles. The molecule has 0 aliphatic carbocycles. The van der Waals surface area contributed by atoms with Gasteiger partial charge < -0.3 is 10.6 Å². The maximum Gasteiger partial charge on any atom is 0.217 e. The Morgan fingerprint density at radius 3 is 1.20 bits per heavy atom. The lowest BCUT2D eigenvalue weighted by Gasteiger charge is -2.29. The fourth-order valence-corrected chi connectivity index (χ4v) is 2.33. The third-order valence-corrected chi connectivity index (χ3v) is 3.31. The van der Waals surface area contributed by atoms with Crippen molar-refractivity contribution in [2.45, 2.75) is 52.6 Å². The van der Waals surface area contributed by atoms with Gasteiger partial charge in [0.2, 0.25) is 11.8 Å². The van der Waals surface area contributed by atoms with Gasteiger partial charge >= 0.3 is 0 Å². The molecular weight excluding hydrogens is 252 g/mol. The molecule has 0 spiro atoms. The largest absolute Gasteiger partial charge is 0.347 e. The summed E-state index contributed by atoms with van der Waals surface area (Å²) in [6.45, 7) is 10.9. The first-order valence-electron chi connectivity index (χ1n) is 6.73. The minimum atomic E-state index is -0.414. The van der Waals surface area contributed by atoms with E-state index in [1.807, 2.05) is 52.0 Å². The summed E-state index contributed by atoms with van der Waals surface area (Å²) >= 11 is 0. The Morgan fingerprint density at radius 2 is 1.00 bits per heavy atom. The van der Waals surface area contributed by atoms with Crippen molar-refractivity contribution < 1.29 is 9.59 Å². The molecule has 2 amide bonds. The van der Waals surface area contributed by atoms with Gasteiger partial charge in [-0.15, -0.1) is 0 Å². The molecule has 4 nitrogen and oxygen atoms in total. The molecule has 2 N–H and O–H groups in total. The second kappa shape index (κ2) is 5.65. The normalized spacial score (nSPS) is 11.9. The molecule has 1 aromatic carbocycles. The zero-order valence-electron chi connectivity index (χ0n) is 13.1. The minimum absolute atomic E-state index is 0.0577. The van der Waals surface area contributed by atoms with Crippen molar-refractivity contribution in [2.24, 2.45) is 0 Å². The molecule has 0 radical (unpaired) electrons. The first-order valence-corrected chi connectivity index (χ1v) is 6.73. The van der Waals surface area contributed by atoms with Gasteiger partial charge in [-0.3, -0.25) is 9.59 Å². The first kappa shape index (κ1) is 16.2. The Balaban J connectivity index is 2.99. The third kappa shape index (κ3) is 4.08. The minimum Gasteiger partial charge on any atom is -0.347 e. The summed E-state index contributed by atoms with van der Waals surface area (Å²) < 4.78 is 0. The lowest BCUT2D eigenvalue weighted by molar-refractivity contribution is -0.121. The molecule has 4 heteroatoms. The molecule has 20 heavy (non-hydrogen) atoms. The number of benzene rings is 1. The van der Waals surface area contributed by atoms with Crippen LogP contribution in [0.1, 0.15) is 52.7 Å². The van der Waals surface area contributed by atoms with Gasteiger partial charge in [0.25, 0.3) is 0 Å². The van der Waals surface area contributed by atoms with Crippen LogP contribution in [0.5, 0.6) is 0 Å². The lowest BCUT2D eigenvalue weighted by atomic mass is 9.88. The van der Waals surface area contributed by atoms with Gasteiger partial charge in [0.1, 0.15) is 0 Å². The van der Waals surface area contributed by atoms with Crippen molar-refractivity contribution in [1.82, 2.24) is 10.6 Å². The second-order valence-corrected chi connectivity index (χ2v) is 6.19. The van der Waals surface area contributed by atoms with Gasteiger partial charge in [-0.1, -0.05) is 24.3 Å². The molecule has 0 aromatic heterocycles. The van der Waals surface area contributed by atoms with Gasteiger partial charge in [0.15, 0.2) is 0 Å². The highest BCUT2D eigenvalue weighted by atomic mass is 16.2. The van der Waals surface area contributed by atoms with Crippen molar-refractivity contribution in [2.75, 3.05) is 0 Å². The van der Waals surface area contributed by atoms with E-state index >= 15 is 0 Å². The molecule has 0 aliphatic rings. The third-order valence-electron chi connectivity index (χ3n) is 3.31. The highest BCUT2D eigenvalue weighted by molar-refractivity contribution is 5.74. The van der Waals surface area contributed by atoms with E-state index in [1.54, 1.807) is 0 Å². The van der Waals surface area contributed by atoms with E-state index in [4.69, 9.17) is 0 Å². The van der Waals surface area contributed by atoms with Gasteiger partial charge in [-0.05, 0) is 38.8 Å². The Morgan fingerprint density at radius 1 is 0.750 bits per heavy atom. The fraction of sp³-hybridized carbons (Fsp3) is 0.500. The Kier molecular flexibility index (Phi) is 4.58. The number of nitrogens with one attached hydrogen (secondary N) is 2. The van der Waals surface area contributed by atoms with Crippen LogP contribution in [0, 0.1) is 0 Å². The molecule has 0 atom stereocenters. The number of rotatable bonds is 4. The van der Waals surface area contributed by atoms with Crippen LogP contribution in [0.15, 0.2) is 24.3 Å². The second-order valence-electron chi connectivity index (χ2n) is 6.19. The first-order chi connectivity index (χ1) is 9.04. The fourth-order valence-electron chi connectivity index (χ4n) is 2.33. The zero-order valence-corrected chi connectivity index (χ0v) is 13.1. The van der Waals surface area contributed by atoms with E-state index in [0.717, 1.165) is 11.1 Å². The van der Waals surface area contributed by atoms with Crippen molar-refractivity contribution >= 4 is 11.8 Å². The number of amides is 2. The van der Waals surface area contributed by atoms with Crippen molar-refractivity contribution in [1.29, 1.82) is 0 Å². The van der Waals surface area contributed by atoms with Crippen LogP contribution in [-0.2, 0) is 20.7 Å². The van der Waals surface area contributed by atoms with E-state index in [0.29, 0.717) is 0 Å². The highest BCUT2D eigenvalue weighted by Crippen LogP contribution is 2.25. The van der Waals surface area contributed by atoms with Gasteiger partial charge in [-0.25, -0.2) is 0 Å². The Bertz CT molecular complexity index is 455. The van der Waals surface area contributed by atoms with E-state index in [2.05, 4.69) is 10.6 Å². The average molecular weight is 276 g/mol. The SMILES string of the molecule is CC(=O)NC(C)(C)c1ccc(C(C)(C)NC(C)=O)cc1. The molecular formula is C16H24N2O2. The van der Waals surface area contributed by atoms with Crippen LogP contribution < -0.4 is 10.6 Å². The molecule has 110 valence electrons. The van der Waals surface area contributed by atoms with Crippen LogP contribution in [-0.4, -0.2) is 11.8 Å². The molecule has 0 aliphatic heterocycles. The summed E-state index contributed by atoms with van der Waals surface area (Å²) in [4.78, 5) is 22.4. The summed E-state index contributed by atoms with van der Waals surface area (Å²) in [5.74, 6) is -0.115. The number of carbonyl (C=O) groups is 2. The summed E-state index contributed by atoms with van der Waals surface area (Å²) in [5.41, 5.74) is 1.22. The quantitative estimate of drug-likeness (QED) is 0.887. The van der Waals surface area contributed by atoms with Gasteiger partial charge in [-0.2, -0.15) is 0 Å². The van der Waals surface area contributed by atoms with Crippen LogP contribution >= 0.6 is 0 Å². The van der Waals surface area contributed by atoms with Crippen molar-refractivity contribution in [3.05, 3.63) is 35.4 Å². The number of hydrogen-bond donors (Lipinski definition) is 2. The van der Waals surface area contributed by atoms with E-state index < -0.39 is 11.1 Å². The van der Waals surface area contributed by atoms with Gasteiger partial charge in [0.05, 0.1) is 11.1 Å². The zero-order chi connectivity index (χ0) is 15.6. The van der Waals surface area contributed by atoms with E-state index in [1.165, 1.54) is 13.8 Å². The molecule has 1 rings (SSSR count). The topological polar surface area (TPSA) is 58.2 Å². The highest BCUT2D eigenvalue weighted by Gasteiger charge is 2.24. The maximum absolute atomic E-state index is 11.2. The summed E-state index contributed by atoms with van der Waals surface area (Å²) in [6, 6.07) is 7.92. The predicted molar refractivity (Wildman–Crippen MR) is 80.1 cm³/mol. The molecule has 0 saturated carbocycles. The van der Waals surface area contributed by atoms with E-state index in [-0.39, 0.29) is 11.8 Å². The van der Waals surface area contributed by atoms with Crippen molar-refractivity contribution in [3.63, 3.8) is 0 Å².